The monoisotopic (exact) mass is 253 g/mol. The number of carboxylic acids is 1. The zero-order valence-corrected chi connectivity index (χ0v) is 9.40. The first kappa shape index (κ1) is 11.6. The average Bonchev–Trinajstić information content (AvgIpc) is 2.59. The lowest BCUT2D eigenvalue weighted by Crippen LogP contribution is -2.29. The van der Waals surface area contributed by atoms with Crippen molar-refractivity contribution < 1.29 is 19.5 Å². The normalized spacial score (nSPS) is 15.5. The van der Waals surface area contributed by atoms with Crippen molar-refractivity contribution in [1.82, 2.24) is 0 Å². The van der Waals surface area contributed by atoms with Crippen LogP contribution in [0.1, 0.15) is 23.2 Å². The molecule has 0 aromatic heterocycles. The second-order valence-electron chi connectivity index (χ2n) is 3.59. The summed E-state index contributed by atoms with van der Waals surface area (Å²) in [5.74, 6) is -1.86. The lowest BCUT2D eigenvalue weighted by Gasteiger charge is -2.15. The van der Waals surface area contributed by atoms with Crippen LogP contribution in [-0.4, -0.2) is 22.9 Å². The fraction of sp³-hybridized carbons (Fsp3) is 0.182. The number of hydrogen-bond acceptors (Lipinski definition) is 3. The van der Waals surface area contributed by atoms with Crippen LogP contribution < -0.4 is 4.90 Å². The maximum Gasteiger partial charge on any atom is 0.335 e. The van der Waals surface area contributed by atoms with Gasteiger partial charge in [-0.2, -0.15) is 0 Å². The molecule has 1 aromatic carbocycles. The molecule has 0 spiro atoms. The fourth-order valence-electron chi connectivity index (χ4n) is 1.66. The summed E-state index contributed by atoms with van der Waals surface area (Å²) in [4.78, 5) is 34.8. The molecular weight excluding hydrogens is 246 g/mol. The Balaban J connectivity index is 2.50. The first-order chi connectivity index (χ1) is 8.00. The van der Waals surface area contributed by atoms with Gasteiger partial charge in [-0.3, -0.25) is 9.59 Å². The molecule has 0 aliphatic carbocycles. The fourth-order valence-corrected chi connectivity index (χ4v) is 1.86. The zero-order chi connectivity index (χ0) is 12.6. The molecule has 17 heavy (non-hydrogen) atoms. The van der Waals surface area contributed by atoms with Crippen molar-refractivity contribution in [2.24, 2.45) is 0 Å². The molecule has 2 rings (SSSR count). The van der Waals surface area contributed by atoms with E-state index in [1.54, 1.807) is 0 Å². The SMILES string of the molecule is O=C(O)c1ccc(Cl)c(N2C(=O)CCC2=O)c1. The number of carboxylic acid groups (broad SMARTS) is 1. The van der Waals surface area contributed by atoms with Crippen LogP contribution in [0.3, 0.4) is 0 Å². The number of amides is 2. The Morgan fingerprint density at radius 2 is 1.82 bits per heavy atom. The Hall–Kier alpha value is -1.88. The number of rotatable bonds is 2. The van der Waals surface area contributed by atoms with Crippen LogP contribution in [0.25, 0.3) is 0 Å². The van der Waals surface area contributed by atoms with Crippen LogP contribution in [-0.2, 0) is 9.59 Å². The van der Waals surface area contributed by atoms with Crippen LogP contribution in [0.5, 0.6) is 0 Å². The molecule has 0 radical (unpaired) electrons. The topological polar surface area (TPSA) is 74.7 Å². The Kier molecular flexibility index (Phi) is 2.85. The number of benzene rings is 1. The summed E-state index contributed by atoms with van der Waals surface area (Å²) in [6, 6.07) is 3.91. The quantitative estimate of drug-likeness (QED) is 0.814. The van der Waals surface area contributed by atoms with Gasteiger partial charge < -0.3 is 5.11 Å². The van der Waals surface area contributed by atoms with E-state index in [9.17, 15) is 14.4 Å². The Labute approximate surface area is 102 Å². The predicted octanol–water partition coefficient (Wildman–Crippen LogP) is 1.69. The molecular formula is C11H8ClNO4. The number of carbonyl (C=O) groups excluding carboxylic acids is 2. The molecule has 1 aliphatic rings. The van der Waals surface area contributed by atoms with Crippen molar-refractivity contribution >= 4 is 35.1 Å². The molecule has 0 atom stereocenters. The summed E-state index contributed by atoms with van der Waals surface area (Å²) < 4.78 is 0. The maximum atomic E-state index is 11.5. The summed E-state index contributed by atoms with van der Waals surface area (Å²) in [5.41, 5.74) is 0.121. The van der Waals surface area contributed by atoms with Gasteiger partial charge in [-0.15, -0.1) is 0 Å². The van der Waals surface area contributed by atoms with E-state index in [1.807, 2.05) is 0 Å². The molecule has 0 unspecified atom stereocenters. The molecule has 0 saturated carbocycles. The van der Waals surface area contributed by atoms with Crippen LogP contribution in [0.4, 0.5) is 5.69 Å². The summed E-state index contributed by atoms with van der Waals surface area (Å²) in [7, 11) is 0. The highest BCUT2D eigenvalue weighted by Crippen LogP contribution is 2.30. The zero-order valence-electron chi connectivity index (χ0n) is 8.64. The standard InChI is InChI=1S/C11H8ClNO4/c12-7-2-1-6(11(16)17)5-8(7)13-9(14)3-4-10(13)15/h1-2,5H,3-4H2,(H,16,17). The second kappa shape index (κ2) is 4.18. The number of hydrogen-bond donors (Lipinski definition) is 1. The molecule has 1 N–H and O–H groups in total. The molecule has 88 valence electrons. The third kappa shape index (κ3) is 2.01. The molecule has 6 heteroatoms. The number of anilines is 1. The molecule has 1 aliphatic heterocycles. The number of nitrogens with zero attached hydrogens (tertiary/aromatic N) is 1. The molecule has 5 nitrogen and oxygen atoms in total. The first-order valence-corrected chi connectivity index (χ1v) is 5.27. The predicted molar refractivity (Wildman–Crippen MR) is 60.1 cm³/mol. The van der Waals surface area contributed by atoms with Gasteiger partial charge in [0.15, 0.2) is 0 Å². The number of carbonyl (C=O) groups is 3. The van der Waals surface area contributed by atoms with Crippen molar-refractivity contribution in [3.05, 3.63) is 28.8 Å². The van der Waals surface area contributed by atoms with Crippen molar-refractivity contribution in [2.75, 3.05) is 4.90 Å². The molecule has 1 saturated heterocycles. The Morgan fingerprint density at radius 1 is 1.24 bits per heavy atom. The minimum absolute atomic E-state index is 0.0168. The van der Waals surface area contributed by atoms with E-state index in [0.717, 1.165) is 4.90 Å². The van der Waals surface area contributed by atoms with Crippen LogP contribution in [0.2, 0.25) is 5.02 Å². The highest BCUT2D eigenvalue weighted by molar-refractivity contribution is 6.35. The van der Waals surface area contributed by atoms with Gasteiger partial charge in [0, 0.05) is 12.8 Å². The summed E-state index contributed by atoms with van der Waals surface area (Å²) in [5, 5.41) is 9.02. The number of halogens is 1. The minimum atomic E-state index is -1.14. The lowest BCUT2D eigenvalue weighted by atomic mass is 10.2. The average molecular weight is 254 g/mol. The third-order valence-corrected chi connectivity index (χ3v) is 2.81. The van der Waals surface area contributed by atoms with Gasteiger partial charge in [-0.05, 0) is 18.2 Å². The number of aromatic carboxylic acids is 1. The summed E-state index contributed by atoms with van der Waals surface area (Å²) >= 11 is 5.87. The van der Waals surface area contributed by atoms with E-state index < -0.39 is 5.97 Å². The van der Waals surface area contributed by atoms with Crippen molar-refractivity contribution in [2.45, 2.75) is 12.8 Å². The van der Waals surface area contributed by atoms with Crippen molar-refractivity contribution in [3.63, 3.8) is 0 Å². The van der Waals surface area contributed by atoms with Crippen LogP contribution >= 0.6 is 11.6 Å². The van der Waals surface area contributed by atoms with E-state index in [-0.39, 0.29) is 40.9 Å². The van der Waals surface area contributed by atoms with Gasteiger partial charge in [0.2, 0.25) is 11.8 Å². The van der Waals surface area contributed by atoms with Crippen molar-refractivity contribution in [1.29, 1.82) is 0 Å². The second-order valence-corrected chi connectivity index (χ2v) is 4.00. The van der Waals surface area contributed by atoms with Crippen LogP contribution in [0, 0.1) is 0 Å². The molecule has 0 bridgehead atoms. The van der Waals surface area contributed by atoms with Gasteiger partial charge in [0.05, 0.1) is 16.3 Å². The summed E-state index contributed by atoms with van der Waals surface area (Å²) in [6.45, 7) is 0. The largest absolute Gasteiger partial charge is 0.478 e. The minimum Gasteiger partial charge on any atom is -0.478 e. The highest BCUT2D eigenvalue weighted by atomic mass is 35.5. The van der Waals surface area contributed by atoms with E-state index in [2.05, 4.69) is 0 Å². The van der Waals surface area contributed by atoms with Crippen LogP contribution in [0.15, 0.2) is 18.2 Å². The van der Waals surface area contributed by atoms with Crippen molar-refractivity contribution in [3.8, 4) is 0 Å². The Bertz CT molecular complexity index is 510. The highest BCUT2D eigenvalue weighted by Gasteiger charge is 2.32. The van der Waals surface area contributed by atoms with Gasteiger partial charge in [-0.1, -0.05) is 11.6 Å². The van der Waals surface area contributed by atoms with E-state index in [1.165, 1.54) is 18.2 Å². The van der Waals surface area contributed by atoms with Gasteiger partial charge in [0.25, 0.3) is 0 Å². The van der Waals surface area contributed by atoms with Gasteiger partial charge >= 0.3 is 5.97 Å². The van der Waals surface area contributed by atoms with Gasteiger partial charge in [0.1, 0.15) is 0 Å². The number of imide groups is 1. The van der Waals surface area contributed by atoms with E-state index in [0.29, 0.717) is 0 Å². The Morgan fingerprint density at radius 3 is 2.35 bits per heavy atom. The van der Waals surface area contributed by atoms with E-state index >= 15 is 0 Å². The summed E-state index contributed by atoms with van der Waals surface area (Å²) in [6.07, 6.45) is 0.263. The maximum absolute atomic E-state index is 11.5. The lowest BCUT2D eigenvalue weighted by molar-refractivity contribution is -0.121. The van der Waals surface area contributed by atoms with E-state index in [4.69, 9.17) is 16.7 Å². The molecule has 1 fully saturated rings. The first-order valence-electron chi connectivity index (χ1n) is 4.89. The molecule has 1 aromatic rings. The van der Waals surface area contributed by atoms with Gasteiger partial charge in [-0.25, -0.2) is 9.69 Å². The smallest absolute Gasteiger partial charge is 0.335 e. The molecule has 2 amide bonds. The molecule has 1 heterocycles. The third-order valence-electron chi connectivity index (χ3n) is 2.49.